The van der Waals surface area contributed by atoms with Crippen molar-refractivity contribution in [2.45, 2.75) is 160 Å². The number of rotatable bonds is 45. The molecule has 0 amide bonds. The lowest BCUT2D eigenvalue weighted by Gasteiger charge is -2.28. The summed E-state index contributed by atoms with van der Waals surface area (Å²) in [7, 11) is -11.9. The zero-order valence-electron chi connectivity index (χ0n) is 63.8. The van der Waals surface area contributed by atoms with E-state index in [1.54, 1.807) is 4.31 Å². The minimum atomic E-state index is -3.58. The molecule has 0 radical (unpaired) electrons. The van der Waals surface area contributed by atoms with Gasteiger partial charge in [0.1, 0.15) is 0 Å². The molecule has 8 atom stereocenters. The Bertz CT molecular complexity index is 2660. The first kappa shape index (κ1) is 110. The van der Waals surface area contributed by atoms with Crippen LogP contribution in [0, 0.1) is 23.7 Å². The fraction of sp³-hybridized carbons (Fsp3) is 0.931. The Balaban J connectivity index is -0.000000627. The summed E-state index contributed by atoms with van der Waals surface area (Å²) in [5, 5.41) is 71.2. The molecule has 49 heteroatoms. The van der Waals surface area contributed by atoms with Gasteiger partial charge in [0.05, 0.1) is 0 Å². The second-order valence-corrected chi connectivity index (χ2v) is 34.3. The maximum atomic E-state index is 12.9. The third-order valence-electron chi connectivity index (χ3n) is 17.6. The number of nitrogens with zero attached hydrogens (tertiary/aromatic N) is 10. The largest absolute Gasteiger partial charge is 0.451 e. The van der Waals surface area contributed by atoms with Crippen LogP contribution in [-0.4, -0.2) is 361 Å². The first-order chi connectivity index (χ1) is 50.2. The van der Waals surface area contributed by atoms with Gasteiger partial charge in [-0.1, -0.05) is 65.7 Å². The number of hydrogen-bond donors (Lipinski definition) is 15. The van der Waals surface area contributed by atoms with E-state index in [2.05, 4.69) is 13.8 Å². The molecular weight excluding hydrogens is 1490 g/mol. The summed E-state index contributed by atoms with van der Waals surface area (Å²) >= 11 is 0. The summed E-state index contributed by atoms with van der Waals surface area (Å²) in [6, 6.07) is -0.866. The molecule has 107 heavy (non-hydrogen) atoms. The van der Waals surface area contributed by atoms with Crippen LogP contribution in [0.15, 0.2) is 0 Å². The highest BCUT2D eigenvalue weighted by atomic mass is 32.2. The number of unbranched alkanes of at least 4 members (excludes halogenated alkanes) is 3. The Labute approximate surface area is 636 Å². The van der Waals surface area contributed by atoms with Crippen LogP contribution in [0.3, 0.4) is 0 Å². The second-order valence-electron chi connectivity index (χ2n) is 26.6. The minimum Gasteiger partial charge on any atom is -0.427 e. The van der Waals surface area contributed by atoms with Gasteiger partial charge in [-0.2, -0.15) is 106 Å². The fourth-order valence-electron chi connectivity index (χ4n) is 11.7. The molecule has 0 bridgehead atoms. The van der Waals surface area contributed by atoms with Crippen molar-refractivity contribution in [3.05, 3.63) is 0 Å². The molecular formula is C58H129B4N17O24S4. The molecule has 0 spiro atoms. The van der Waals surface area contributed by atoms with Crippen LogP contribution < -0.4 is 40.1 Å². The Morgan fingerprint density at radius 2 is 0.495 bits per heavy atom. The molecule has 0 aromatic heterocycles. The first-order valence-electron chi connectivity index (χ1n) is 36.0. The summed E-state index contributed by atoms with van der Waals surface area (Å²) in [6.07, 6.45) is 12.7. The van der Waals surface area contributed by atoms with E-state index in [1.807, 2.05) is 44.9 Å². The van der Waals surface area contributed by atoms with Crippen LogP contribution in [0.1, 0.15) is 111 Å². The number of hydrogen-bond acceptors (Lipinski definition) is 33. The summed E-state index contributed by atoms with van der Waals surface area (Å²) in [6.45, 7) is 14.3. The minimum absolute atomic E-state index is 0.0344. The van der Waals surface area contributed by atoms with Gasteiger partial charge in [0.15, 0.2) is 0 Å². The zero-order valence-corrected chi connectivity index (χ0v) is 67.0. The van der Waals surface area contributed by atoms with Gasteiger partial charge in [-0.3, -0.25) is 0 Å². The summed E-state index contributed by atoms with van der Waals surface area (Å²) < 4.78 is 115. The Morgan fingerprint density at radius 3 is 0.654 bits per heavy atom. The van der Waals surface area contributed by atoms with Crippen molar-refractivity contribution in [1.82, 2.24) is 44.2 Å². The maximum absolute atomic E-state index is 12.9. The van der Waals surface area contributed by atoms with Gasteiger partial charge >= 0.3 is 53.1 Å². The van der Waals surface area contributed by atoms with E-state index in [9.17, 15) is 33.7 Å². The van der Waals surface area contributed by atoms with E-state index in [4.69, 9.17) is 119 Å². The normalized spacial score (nSPS) is 20.4. The van der Waals surface area contributed by atoms with Crippen LogP contribution in [0.25, 0.3) is 0 Å². The average Bonchev–Trinajstić information content (AvgIpc) is 1.72. The van der Waals surface area contributed by atoms with Crippen LogP contribution in [0.4, 0.5) is 0 Å². The van der Waals surface area contributed by atoms with Crippen LogP contribution in [0.5, 0.6) is 0 Å². The highest BCUT2D eigenvalue weighted by Gasteiger charge is 2.43. The SMILES string of the molecule is CCCCN(CCCC)S(=O)(=O)N1C[C@H](CCCB(O)O)[C@@H](N)C1.CCCCN(CCN)S(=O)(=O)N1C[C@H](CCCB(O)O)[C@@H](N)C1.CN(C)CCN(CCN)S(=O)(=O)N1C[C@H](CCCB(O)O)[C@@H](N)C1.CN(C)CCN(CCN)S(=O)(=O)N1C[C@H](CCCB(O)O)[C@@H](N)C1.O=C=O.O=C=O.O=C=O.O=C=O. The van der Waals surface area contributed by atoms with Crippen molar-refractivity contribution >= 4 is 93.9 Å². The molecule has 0 saturated carbocycles. The lowest BCUT2D eigenvalue weighted by molar-refractivity contribution is -0.193. The van der Waals surface area contributed by atoms with Gasteiger partial charge in [-0.25, -0.2) is 0 Å². The highest BCUT2D eigenvalue weighted by molar-refractivity contribution is 7.87. The van der Waals surface area contributed by atoms with Crippen LogP contribution >= 0.6 is 0 Å². The molecule has 4 fully saturated rings. The third kappa shape index (κ3) is 47.6. The molecule has 626 valence electrons. The highest BCUT2D eigenvalue weighted by Crippen LogP contribution is 2.30. The van der Waals surface area contributed by atoms with Crippen molar-refractivity contribution in [3.63, 3.8) is 0 Å². The number of nitrogens with two attached hydrogens (primary N) is 7. The molecule has 0 aliphatic carbocycles. The van der Waals surface area contributed by atoms with E-state index in [-0.39, 0.29) is 131 Å². The van der Waals surface area contributed by atoms with Crippen molar-refractivity contribution in [3.8, 4) is 0 Å². The lowest BCUT2D eigenvalue weighted by Crippen LogP contribution is -2.47. The molecule has 0 aromatic rings. The van der Waals surface area contributed by atoms with Crippen LogP contribution in [0.2, 0.25) is 25.3 Å². The molecule has 4 saturated heterocycles. The maximum Gasteiger partial charge on any atom is 0.451 e. The molecule has 0 unspecified atom stereocenters. The van der Waals surface area contributed by atoms with Crippen molar-refractivity contribution in [2.24, 2.45) is 63.8 Å². The number of likely N-dealkylation sites (N-methyl/N-ethyl adjacent to an activating group) is 2. The predicted molar refractivity (Wildman–Crippen MR) is 400 cm³/mol. The quantitative estimate of drug-likeness (QED) is 0.0252. The monoisotopic (exact) mass is 1620 g/mol. The standard InChI is InChI=1S/C15H34BN3O4S.2C13H32BN5O4S.C13H31BN4O4S.4CO2/c1-3-5-10-18(11-6-4-2)24(22,23)19-12-14(15(17)13-19)8-7-9-16(20)21;2*1-17(2)8-9-18(7-6-15)24(22,23)19-10-12(13(16)11-19)4-3-5-14(20)21;1-2-3-8-17(9-7-15)23(21,22)18-10-12(13(16)11-18)5-4-6-14(19)20;4*2-1-3/h14-15,20-21H,3-13,17H2,1-2H3;2*12-13,20-21H,3-11,15-16H2,1-2H3;12-13,19-20H,2-11,15-16H2,1H3;;;;/t14-,15-;3*12-,13-;;;;/m0000..../s1. The fourth-order valence-corrected chi connectivity index (χ4v) is 18.7. The predicted octanol–water partition coefficient (Wildman–Crippen LogP) is -7.75. The molecule has 4 aliphatic rings. The summed E-state index contributed by atoms with van der Waals surface area (Å²) in [5.74, 6) is 0.200. The lowest BCUT2D eigenvalue weighted by atomic mass is 9.82. The van der Waals surface area contributed by atoms with Crippen molar-refractivity contribution < 1.29 is 112 Å². The van der Waals surface area contributed by atoms with Gasteiger partial charge < -0.3 is 90.1 Å². The van der Waals surface area contributed by atoms with Gasteiger partial charge in [0.25, 0.3) is 40.8 Å². The molecule has 0 aromatic carbocycles. The third-order valence-corrected chi connectivity index (χ3v) is 25.5. The van der Waals surface area contributed by atoms with Gasteiger partial charge in [-0.05, 0) is 122 Å². The molecule has 4 aliphatic heterocycles. The number of carbonyl (C=O) groups excluding carboxylic acids is 8. The molecule has 4 heterocycles. The van der Waals surface area contributed by atoms with E-state index in [0.29, 0.717) is 156 Å². The first-order valence-corrected chi connectivity index (χ1v) is 41.6. The van der Waals surface area contributed by atoms with Gasteiger partial charge in [0, 0.05) is 162 Å². The van der Waals surface area contributed by atoms with E-state index >= 15 is 0 Å². The Morgan fingerprint density at radius 1 is 0.318 bits per heavy atom. The van der Waals surface area contributed by atoms with Gasteiger partial charge in [-0.15, -0.1) is 0 Å². The topological polar surface area (TPSA) is 650 Å². The van der Waals surface area contributed by atoms with E-state index in [1.165, 1.54) is 30.1 Å². The summed E-state index contributed by atoms with van der Waals surface area (Å²) in [5.41, 5.74) is 41.1. The van der Waals surface area contributed by atoms with E-state index < -0.39 is 69.3 Å². The van der Waals surface area contributed by atoms with Crippen LogP contribution in [-0.2, 0) is 79.2 Å². The molecule has 41 nitrogen and oxygen atoms in total. The molecule has 22 N–H and O–H groups in total. The Hall–Kier alpha value is -3.42. The zero-order chi connectivity index (χ0) is 83.1. The van der Waals surface area contributed by atoms with E-state index in [0.717, 1.165) is 38.5 Å². The molecule has 4 rings (SSSR count). The van der Waals surface area contributed by atoms with Crippen molar-refractivity contribution in [1.29, 1.82) is 0 Å². The van der Waals surface area contributed by atoms with Gasteiger partial charge in [0.2, 0.25) is 0 Å². The Kier molecular flexibility index (Phi) is 64.8. The second kappa shape index (κ2) is 63.0. The van der Waals surface area contributed by atoms with Crippen molar-refractivity contribution in [2.75, 3.05) is 166 Å². The average molecular weight is 1620 g/mol. The summed E-state index contributed by atoms with van der Waals surface area (Å²) in [4.78, 5) is 68.9. The smallest absolute Gasteiger partial charge is 0.427 e.